The number of phenolic OH excluding ortho intramolecular Hbond substituents is 1. The predicted octanol–water partition coefficient (Wildman–Crippen LogP) is 5.40. The second-order valence-corrected chi connectivity index (χ2v) is 21.0. The highest BCUT2D eigenvalue weighted by molar-refractivity contribution is 7.59. The number of carbonyl (C=O) groups is 5. The van der Waals surface area contributed by atoms with Crippen LogP contribution in [0, 0.1) is 29.1 Å². The third kappa shape index (κ3) is 15.3. The lowest BCUT2D eigenvalue weighted by atomic mass is 9.84. The minimum atomic E-state index is -1.18. The van der Waals surface area contributed by atoms with E-state index in [0.717, 1.165) is 58.6 Å². The maximum absolute atomic E-state index is 14.8. The number of nitrogens with one attached hydrogen (secondary N) is 2. The van der Waals surface area contributed by atoms with E-state index in [-0.39, 0.29) is 104 Å². The maximum atomic E-state index is 14.8. The number of nitrogens with zero attached hydrogens (tertiary/aromatic N) is 6. The van der Waals surface area contributed by atoms with Crippen molar-refractivity contribution in [2.24, 2.45) is 17.3 Å². The van der Waals surface area contributed by atoms with Crippen LogP contribution in [0.15, 0.2) is 54.7 Å². The minimum Gasteiger partial charge on any atom is -0.508 e. The summed E-state index contributed by atoms with van der Waals surface area (Å²) in [5.41, 5.74) is 9.53. The predicted molar refractivity (Wildman–Crippen MR) is 318 cm³/mol. The molecule has 4 aromatic rings. The first kappa shape index (κ1) is 64.6. The zero-order valence-corrected chi connectivity index (χ0v) is 49.5. The van der Waals surface area contributed by atoms with E-state index in [1.54, 1.807) is 37.4 Å². The van der Waals surface area contributed by atoms with Gasteiger partial charge in [-0.1, -0.05) is 45.7 Å². The molecule has 2 aromatic heterocycles. The monoisotopic (exact) mass is 1140 g/mol. The largest absolute Gasteiger partial charge is 0.508 e. The van der Waals surface area contributed by atoms with Crippen LogP contribution in [0.3, 0.4) is 0 Å². The first-order chi connectivity index (χ1) is 35.0. The van der Waals surface area contributed by atoms with Gasteiger partial charge in [-0.15, -0.1) is 0 Å². The van der Waals surface area contributed by atoms with Gasteiger partial charge in [0.2, 0.25) is 11.8 Å². The van der Waals surface area contributed by atoms with Gasteiger partial charge in [-0.2, -0.15) is 54.0 Å². The van der Waals surface area contributed by atoms with Crippen molar-refractivity contribution in [3.63, 3.8) is 0 Å². The number of likely N-dealkylation sites (N-methyl/N-ethyl adjacent to an activating group) is 1. The van der Waals surface area contributed by atoms with E-state index in [0.29, 0.717) is 76.1 Å². The number of hydrogen-bond donors (Lipinski definition) is 3. The average molecular weight is 1140 g/mol. The Hall–Kier alpha value is -4.92. The molecule has 3 saturated heterocycles. The van der Waals surface area contributed by atoms with Crippen molar-refractivity contribution in [3.8, 4) is 40.0 Å². The van der Waals surface area contributed by atoms with Gasteiger partial charge in [0.1, 0.15) is 23.9 Å². The van der Waals surface area contributed by atoms with Gasteiger partial charge >= 0.3 is 5.97 Å². The van der Waals surface area contributed by atoms with Crippen LogP contribution in [0.1, 0.15) is 77.1 Å². The Morgan fingerprint density at radius 3 is 2.47 bits per heavy atom. The number of hydrogen-bond acceptors (Lipinski definition) is 12. The summed E-state index contributed by atoms with van der Waals surface area (Å²) in [6.45, 7) is 15.7. The molecule has 0 aliphatic carbocycles. The van der Waals surface area contributed by atoms with Gasteiger partial charge in [-0.3, -0.25) is 38.9 Å². The third-order valence-electron chi connectivity index (χ3n) is 14.6. The molecule has 422 valence electrons. The summed E-state index contributed by atoms with van der Waals surface area (Å²) in [5.74, 6) is 2.74. The Labute approximate surface area is 481 Å². The number of fused-ring (bicyclic) bond motifs is 6. The van der Waals surface area contributed by atoms with E-state index in [2.05, 4.69) is 71.0 Å². The van der Waals surface area contributed by atoms with Gasteiger partial charge in [0.05, 0.1) is 43.7 Å². The number of carbonyl (C=O) groups excluding carboxylic acids is 5. The molecule has 17 nitrogen and oxygen atoms in total. The maximum Gasteiger partial charge on any atom is 0.324 e. The standard InChI is InChI=1S/C56H72N8O9.4H2S/c1-8-63-48-17-16-38-31-43(48)44(51(63)42-13-11-19-57-47(42)34-71-7)32-56(4,5)35-73-55(70)45-14-12-21-64(59-45)54(69)46(29-37-27-40(38)30-41(65)28-37)58-52(67)50(36(2)3)60(6)53(68)39-18-22-62(33-39)49(66)15-9-10-20-61-23-25-72-26-24-61;;;;/h11,13,16-17,19,27-28,30-31,36,39,45-46,50,59,65H,8,10,12,14,18,20-26,29,32-35H2,1-7H3,(H,58,67);4*1H2/t39-,45-,46-,50-;;;;/m0..../s1. The zero-order chi connectivity index (χ0) is 52.0. The third-order valence-corrected chi connectivity index (χ3v) is 14.6. The van der Waals surface area contributed by atoms with Crippen molar-refractivity contribution in [2.45, 2.75) is 104 Å². The van der Waals surface area contributed by atoms with Gasteiger partial charge in [0.15, 0.2) is 0 Å². The number of ether oxygens (including phenoxy) is 3. The van der Waals surface area contributed by atoms with Crippen LogP contribution in [0.2, 0.25) is 0 Å². The summed E-state index contributed by atoms with van der Waals surface area (Å²) in [6.07, 6.45) is 4.21. The lowest BCUT2D eigenvalue weighted by molar-refractivity contribution is -0.155. The molecule has 3 N–H and O–H groups in total. The number of esters is 1. The fourth-order valence-corrected chi connectivity index (χ4v) is 10.9. The van der Waals surface area contributed by atoms with E-state index >= 15 is 0 Å². The lowest BCUT2D eigenvalue weighted by Gasteiger charge is -2.37. The van der Waals surface area contributed by atoms with E-state index in [9.17, 15) is 29.1 Å². The van der Waals surface area contributed by atoms with E-state index < -0.39 is 47.2 Å². The SMILES string of the molecule is CCn1c(-c2cccnc2COC)c2c3cc(ccc31)-c1cc(O)cc(c1)C[C@H](NC(=O)[C@H](C(C)C)N(C)C(=O)[C@H]1CCN(C(=O)C#CCCN3CCOCC3)C1)C(=O)N1CCC[C@H](N1)C(=O)OCC(C)(C)C2.S.S.S.S. The molecule has 3 fully saturated rings. The number of rotatable bonds is 11. The lowest BCUT2D eigenvalue weighted by Crippen LogP contribution is -2.62. The Bertz CT molecular complexity index is 2780. The number of benzene rings is 2. The number of hydrazine groups is 1. The number of phenols is 1. The second-order valence-electron chi connectivity index (χ2n) is 21.0. The van der Waals surface area contributed by atoms with Crippen molar-refractivity contribution in [1.82, 2.24) is 40.0 Å². The fourth-order valence-electron chi connectivity index (χ4n) is 10.9. The molecule has 8 rings (SSSR count). The molecule has 2 aromatic carbocycles. The summed E-state index contributed by atoms with van der Waals surface area (Å²) in [4.78, 5) is 80.8. The molecule has 4 atom stereocenters. The van der Waals surface area contributed by atoms with Gasteiger partial charge < -0.3 is 39.0 Å². The number of amides is 4. The minimum absolute atomic E-state index is 0. The summed E-state index contributed by atoms with van der Waals surface area (Å²) < 4.78 is 19.4. The molecule has 77 heavy (non-hydrogen) atoms. The van der Waals surface area contributed by atoms with Crippen molar-refractivity contribution in [2.75, 3.05) is 73.2 Å². The molecule has 0 spiro atoms. The normalized spacial score (nSPS) is 19.9. The molecular formula is C56H80N8O9S4. The smallest absolute Gasteiger partial charge is 0.324 e. The van der Waals surface area contributed by atoms with Crippen LogP contribution in [-0.2, 0) is 64.2 Å². The summed E-state index contributed by atoms with van der Waals surface area (Å²) in [5, 5.41) is 16.8. The van der Waals surface area contributed by atoms with Crippen LogP contribution in [-0.4, -0.2) is 155 Å². The number of likely N-dealkylation sites (tertiary alicyclic amines) is 1. The second kappa shape index (κ2) is 28.8. The number of aromatic nitrogens is 2. The molecule has 4 amide bonds. The van der Waals surface area contributed by atoms with Gasteiger partial charge in [-0.25, -0.2) is 5.43 Å². The fraction of sp³-hybridized carbons (Fsp3) is 0.536. The molecule has 21 heteroatoms. The summed E-state index contributed by atoms with van der Waals surface area (Å²) >= 11 is 0. The number of morpholine rings is 1. The van der Waals surface area contributed by atoms with E-state index in [1.165, 1.54) is 9.91 Å². The van der Waals surface area contributed by atoms with Gasteiger partial charge in [-0.05, 0) is 103 Å². The Morgan fingerprint density at radius 2 is 1.75 bits per heavy atom. The highest BCUT2D eigenvalue weighted by Gasteiger charge is 2.40. The van der Waals surface area contributed by atoms with Crippen LogP contribution in [0.4, 0.5) is 0 Å². The number of aromatic hydroxyl groups is 1. The summed E-state index contributed by atoms with van der Waals surface area (Å²) in [6, 6.07) is 12.5. The Balaban J connectivity index is 0.00000320. The quantitative estimate of drug-likeness (QED) is 0.129. The highest BCUT2D eigenvalue weighted by Crippen LogP contribution is 2.41. The summed E-state index contributed by atoms with van der Waals surface area (Å²) in [7, 11) is 3.25. The molecular weight excluding hydrogens is 1060 g/mol. The molecule has 6 bridgehead atoms. The van der Waals surface area contributed by atoms with Gasteiger partial charge in [0, 0.05) is 101 Å². The Kier molecular flexibility index (Phi) is 24.2. The zero-order valence-electron chi connectivity index (χ0n) is 45.5. The first-order valence-electron chi connectivity index (χ1n) is 25.9. The molecule has 4 aliphatic heterocycles. The number of pyridine rings is 1. The van der Waals surface area contributed by atoms with Crippen LogP contribution < -0.4 is 10.7 Å². The molecule has 6 heterocycles. The van der Waals surface area contributed by atoms with Gasteiger partial charge in [0.25, 0.3) is 11.8 Å². The van der Waals surface area contributed by atoms with Crippen LogP contribution in [0.25, 0.3) is 33.3 Å². The average Bonchev–Trinajstić information content (AvgIpc) is 3.99. The van der Waals surface area contributed by atoms with Crippen molar-refractivity contribution >= 4 is 94.5 Å². The van der Waals surface area contributed by atoms with Crippen LogP contribution >= 0.6 is 54.0 Å². The molecule has 0 saturated carbocycles. The Morgan fingerprint density at radius 1 is 1.00 bits per heavy atom. The molecule has 0 radical (unpaired) electrons. The number of cyclic esters (lactones) is 1. The van der Waals surface area contributed by atoms with Crippen molar-refractivity contribution in [1.29, 1.82) is 0 Å². The van der Waals surface area contributed by atoms with Crippen molar-refractivity contribution < 1.29 is 43.3 Å². The molecule has 0 unspecified atom stereocenters. The van der Waals surface area contributed by atoms with Crippen LogP contribution in [0.5, 0.6) is 5.75 Å². The van der Waals surface area contributed by atoms with E-state index in [4.69, 9.17) is 19.2 Å². The first-order valence-corrected chi connectivity index (χ1v) is 25.9. The van der Waals surface area contributed by atoms with Crippen molar-refractivity contribution in [3.05, 3.63) is 71.5 Å². The highest BCUT2D eigenvalue weighted by atomic mass is 32.1. The molecule has 4 aliphatic rings. The number of methoxy groups -OCH3 is 1. The topological polar surface area (TPSA) is 188 Å². The number of aryl methyl sites for hydroxylation is 1. The van der Waals surface area contributed by atoms with E-state index in [1.807, 2.05) is 32.0 Å².